The summed E-state index contributed by atoms with van der Waals surface area (Å²) in [6.45, 7) is 0.915. The van der Waals surface area contributed by atoms with Crippen molar-refractivity contribution in [3.8, 4) is 0 Å². The van der Waals surface area contributed by atoms with E-state index in [1.807, 2.05) is 0 Å². The van der Waals surface area contributed by atoms with Crippen molar-refractivity contribution in [2.45, 2.75) is 18.3 Å². The van der Waals surface area contributed by atoms with Gasteiger partial charge in [0.05, 0.1) is 0 Å². The predicted molar refractivity (Wildman–Crippen MR) is 50.4 cm³/mol. The normalized spacial score (nSPS) is 15.0. The molecule has 0 bridgehead atoms. The third kappa shape index (κ3) is 4.12. The first-order valence-electron chi connectivity index (χ1n) is 4.15. The molecule has 1 N–H and O–H groups in total. The number of halogens is 1. The van der Waals surface area contributed by atoms with Gasteiger partial charge < -0.3 is 9.66 Å². The van der Waals surface area contributed by atoms with Gasteiger partial charge in [-0.3, -0.25) is 0 Å². The van der Waals surface area contributed by atoms with Gasteiger partial charge in [-0.05, 0) is 24.6 Å². The molecule has 0 aliphatic heterocycles. The van der Waals surface area contributed by atoms with Crippen LogP contribution in [0.25, 0.3) is 0 Å². The Morgan fingerprint density at radius 1 is 1.38 bits per heavy atom. The van der Waals surface area contributed by atoms with Gasteiger partial charge in [0.1, 0.15) is 15.9 Å². The Bertz CT molecular complexity index is 441. The molecule has 0 spiro atoms. The van der Waals surface area contributed by atoms with Gasteiger partial charge >= 0.3 is 29.6 Å². The Morgan fingerprint density at radius 2 is 1.81 bits per heavy atom. The molecule has 0 aliphatic carbocycles. The molecule has 0 aliphatic rings. The van der Waals surface area contributed by atoms with E-state index >= 15 is 0 Å². The van der Waals surface area contributed by atoms with Crippen LogP contribution in [-0.4, -0.2) is 23.0 Å². The summed E-state index contributed by atoms with van der Waals surface area (Å²) in [5.41, 5.74) is 0.376. The molecular formula is C9H10FNaO4S. The molecule has 1 rings (SSSR count). The van der Waals surface area contributed by atoms with E-state index < -0.39 is 20.9 Å². The van der Waals surface area contributed by atoms with Gasteiger partial charge in [-0.1, -0.05) is 12.1 Å². The van der Waals surface area contributed by atoms with E-state index in [4.69, 9.17) is 0 Å². The zero-order valence-electron chi connectivity index (χ0n) is 8.97. The fourth-order valence-electron chi connectivity index (χ4n) is 1.07. The molecule has 16 heavy (non-hydrogen) atoms. The van der Waals surface area contributed by atoms with Crippen LogP contribution < -0.4 is 29.6 Å². The standard InChI is InChI=1S/C9H11FO4S.Na/c1-9(11,15(12,13)14)6-7-2-4-8(10)5-3-7;/h2-5,11H,6H2,1H3,(H,12,13,14);/q;+1/p-1. The molecule has 1 aromatic rings. The number of aliphatic hydroxyl groups is 1. The van der Waals surface area contributed by atoms with Crippen LogP contribution in [0, 0.1) is 5.82 Å². The zero-order valence-corrected chi connectivity index (χ0v) is 11.8. The Balaban J connectivity index is 0.00000225. The van der Waals surface area contributed by atoms with Gasteiger partial charge in [0, 0.05) is 6.42 Å². The van der Waals surface area contributed by atoms with Gasteiger partial charge in [-0.2, -0.15) is 0 Å². The van der Waals surface area contributed by atoms with Crippen LogP contribution in [0.2, 0.25) is 0 Å². The van der Waals surface area contributed by atoms with Crippen LogP contribution in [0.4, 0.5) is 4.39 Å². The maximum atomic E-state index is 12.5. The minimum atomic E-state index is -4.80. The Hall–Kier alpha value is 0.0200. The molecule has 7 heteroatoms. The third-order valence-electron chi connectivity index (χ3n) is 1.98. The first kappa shape index (κ1) is 16.0. The monoisotopic (exact) mass is 256 g/mol. The van der Waals surface area contributed by atoms with E-state index in [9.17, 15) is 22.5 Å². The van der Waals surface area contributed by atoms with Crippen molar-refractivity contribution in [1.82, 2.24) is 0 Å². The summed E-state index contributed by atoms with van der Waals surface area (Å²) in [5.74, 6) is -0.469. The Morgan fingerprint density at radius 3 is 2.19 bits per heavy atom. The van der Waals surface area contributed by atoms with E-state index in [2.05, 4.69) is 0 Å². The van der Waals surface area contributed by atoms with E-state index in [1.165, 1.54) is 12.1 Å². The summed E-state index contributed by atoms with van der Waals surface area (Å²) in [5, 5.41) is 9.38. The zero-order chi connectivity index (χ0) is 11.7. The van der Waals surface area contributed by atoms with E-state index in [0.29, 0.717) is 5.56 Å². The summed E-state index contributed by atoms with van der Waals surface area (Å²) >= 11 is 0. The summed E-state index contributed by atoms with van der Waals surface area (Å²) in [7, 11) is -4.80. The maximum absolute atomic E-state index is 12.5. The van der Waals surface area contributed by atoms with E-state index in [1.54, 1.807) is 0 Å². The van der Waals surface area contributed by atoms with Crippen LogP contribution in [0.1, 0.15) is 12.5 Å². The predicted octanol–water partition coefficient (Wildman–Crippen LogP) is -2.37. The van der Waals surface area contributed by atoms with Gasteiger partial charge in [0.25, 0.3) is 0 Å². The van der Waals surface area contributed by atoms with Crippen LogP contribution in [0.15, 0.2) is 24.3 Å². The Labute approximate surface area is 116 Å². The van der Waals surface area contributed by atoms with Gasteiger partial charge in [-0.25, -0.2) is 12.8 Å². The van der Waals surface area contributed by atoms with Crippen LogP contribution in [0.3, 0.4) is 0 Å². The van der Waals surface area contributed by atoms with E-state index in [-0.39, 0.29) is 36.0 Å². The van der Waals surface area contributed by atoms with Gasteiger partial charge in [-0.15, -0.1) is 0 Å². The van der Waals surface area contributed by atoms with Crippen molar-refractivity contribution in [3.63, 3.8) is 0 Å². The molecule has 0 saturated carbocycles. The third-order valence-corrected chi connectivity index (χ3v) is 3.21. The average Bonchev–Trinajstić information content (AvgIpc) is 2.06. The van der Waals surface area contributed by atoms with Crippen LogP contribution >= 0.6 is 0 Å². The minimum absolute atomic E-state index is 0. The first-order valence-corrected chi connectivity index (χ1v) is 5.55. The topological polar surface area (TPSA) is 77.4 Å². The Kier molecular flexibility index (Phi) is 5.58. The SMILES string of the molecule is CC(O)(Cc1ccc(F)cc1)S(=O)(=O)[O-].[Na+]. The van der Waals surface area contributed by atoms with Crippen molar-refractivity contribution in [2.75, 3.05) is 0 Å². The molecule has 1 unspecified atom stereocenters. The molecule has 0 fully saturated rings. The number of benzene rings is 1. The summed E-state index contributed by atoms with van der Waals surface area (Å²) in [4.78, 5) is -2.37. The average molecular weight is 256 g/mol. The minimum Gasteiger partial charge on any atom is -0.746 e. The summed E-state index contributed by atoms with van der Waals surface area (Å²) < 4.78 is 44.4. The molecule has 0 saturated heterocycles. The summed E-state index contributed by atoms with van der Waals surface area (Å²) in [6, 6.07) is 4.88. The molecule has 84 valence electrons. The molecule has 0 heterocycles. The second-order valence-electron chi connectivity index (χ2n) is 3.43. The van der Waals surface area contributed by atoms with Gasteiger partial charge in [0.15, 0.2) is 4.93 Å². The molecule has 0 radical (unpaired) electrons. The molecule has 1 atom stereocenters. The van der Waals surface area contributed by atoms with Gasteiger partial charge in [0.2, 0.25) is 0 Å². The molecule has 1 aromatic carbocycles. The number of hydrogen-bond acceptors (Lipinski definition) is 4. The maximum Gasteiger partial charge on any atom is 1.00 e. The largest absolute Gasteiger partial charge is 1.00 e. The van der Waals surface area contributed by atoms with Crippen LogP contribution in [-0.2, 0) is 16.5 Å². The smallest absolute Gasteiger partial charge is 0.746 e. The molecule has 0 aromatic heterocycles. The number of hydrogen-bond donors (Lipinski definition) is 1. The van der Waals surface area contributed by atoms with Crippen LogP contribution in [0.5, 0.6) is 0 Å². The second-order valence-corrected chi connectivity index (χ2v) is 5.22. The first-order chi connectivity index (χ1) is 6.72. The van der Waals surface area contributed by atoms with E-state index in [0.717, 1.165) is 19.1 Å². The van der Waals surface area contributed by atoms with Crippen molar-refractivity contribution in [1.29, 1.82) is 0 Å². The van der Waals surface area contributed by atoms with Crippen molar-refractivity contribution >= 4 is 10.1 Å². The molecule has 0 amide bonds. The summed E-state index contributed by atoms with van der Waals surface area (Å²) in [6.07, 6.45) is -0.362. The molecular weight excluding hydrogens is 246 g/mol. The van der Waals surface area contributed by atoms with Crippen molar-refractivity contribution in [2.24, 2.45) is 0 Å². The van der Waals surface area contributed by atoms with Crippen molar-refractivity contribution in [3.05, 3.63) is 35.6 Å². The second kappa shape index (κ2) is 5.57. The quantitative estimate of drug-likeness (QED) is 0.484. The number of rotatable bonds is 3. The molecule has 4 nitrogen and oxygen atoms in total. The fraction of sp³-hybridized carbons (Fsp3) is 0.333. The van der Waals surface area contributed by atoms with Crippen molar-refractivity contribution < 1.29 is 52.0 Å². The fourth-order valence-corrected chi connectivity index (χ4v) is 1.41.